The summed E-state index contributed by atoms with van der Waals surface area (Å²) in [6.45, 7) is 3.21. The second kappa shape index (κ2) is 44.6. The Balaban J connectivity index is 3.17. The Kier molecular flexibility index (Phi) is 44.0. The number of hydrogen-bond acceptors (Lipinski definition) is 4. The third-order valence-corrected chi connectivity index (χ3v) is 10.9. The Morgan fingerprint density at radius 1 is 0.400 bits per heavy atom. The Labute approximate surface area is 314 Å². The number of hydrogen-bond donors (Lipinski definition) is 2. The molecule has 0 aliphatic carbocycles. The normalized spacial score (nSPS) is 12.1. The first-order valence-corrected chi connectivity index (χ1v) is 23.1. The van der Waals surface area contributed by atoms with Crippen molar-refractivity contribution in [2.24, 2.45) is 0 Å². The summed E-state index contributed by atoms with van der Waals surface area (Å²) in [5.74, 6) is 0.00330. The third kappa shape index (κ3) is 43.6. The van der Waals surface area contributed by atoms with E-state index in [1.165, 1.54) is 212 Å². The van der Waals surface area contributed by atoms with Crippen LogP contribution < -0.4 is 0 Å². The molecule has 0 bridgehead atoms. The van der Waals surface area contributed by atoms with Crippen LogP contribution in [0.25, 0.3) is 0 Å². The molecule has 4 heteroatoms. The fourth-order valence-electron chi connectivity index (χ4n) is 7.38. The van der Waals surface area contributed by atoms with Gasteiger partial charge in [-0.15, -0.1) is 0 Å². The van der Waals surface area contributed by atoms with E-state index in [1.54, 1.807) is 0 Å². The van der Waals surface area contributed by atoms with Crippen molar-refractivity contribution in [1.29, 1.82) is 0 Å². The van der Waals surface area contributed by atoms with Gasteiger partial charge < -0.3 is 14.9 Å². The second-order valence-electron chi connectivity index (χ2n) is 16.0. The molecule has 0 saturated carbocycles. The zero-order chi connectivity index (χ0) is 36.3. The van der Waals surface area contributed by atoms with Gasteiger partial charge in [-0.2, -0.15) is 0 Å². The molecule has 0 aromatic heterocycles. The molecule has 2 N–H and O–H groups in total. The first-order chi connectivity index (χ1) is 24.7. The molecule has 0 saturated heterocycles. The molecule has 0 spiro atoms. The first kappa shape index (κ1) is 49.4. The largest absolute Gasteiger partial charge is 0.466 e. The van der Waals surface area contributed by atoms with E-state index in [-0.39, 0.29) is 12.1 Å². The maximum Gasteiger partial charge on any atom is 0.305 e. The number of carbonyl (C=O) groups excluding carboxylic acids is 1. The molecule has 0 aromatic carbocycles. The minimum atomic E-state index is -0.0815. The predicted molar refractivity (Wildman–Crippen MR) is 219 cm³/mol. The minimum absolute atomic E-state index is 0.00330. The summed E-state index contributed by atoms with van der Waals surface area (Å²) in [7, 11) is 0. The number of unbranched alkanes of at least 4 members (excludes halogenated alkanes) is 35. The van der Waals surface area contributed by atoms with Gasteiger partial charge in [-0.25, -0.2) is 0 Å². The summed E-state index contributed by atoms with van der Waals surface area (Å²) in [5, 5.41) is 18.9. The quantitative estimate of drug-likeness (QED) is 0.0488. The smallest absolute Gasteiger partial charge is 0.305 e. The monoisotopic (exact) mass is 709 g/mol. The van der Waals surface area contributed by atoms with E-state index in [9.17, 15) is 9.90 Å². The lowest BCUT2D eigenvalue weighted by atomic mass is 10.0. The average molecular weight is 709 g/mol. The number of esters is 1. The van der Waals surface area contributed by atoms with E-state index < -0.39 is 0 Å². The van der Waals surface area contributed by atoms with Gasteiger partial charge in [0.2, 0.25) is 0 Å². The van der Waals surface area contributed by atoms with E-state index >= 15 is 0 Å². The molecule has 0 aromatic rings. The SMILES string of the molecule is CCCCCCC(O)CCCCCCCCCCC(=O)OCCCCCCCCCCCCCCCCCCCCCCCCCCCCO. The molecule has 0 rings (SSSR count). The lowest BCUT2D eigenvalue weighted by Crippen LogP contribution is -2.06. The Hall–Kier alpha value is -0.610. The van der Waals surface area contributed by atoms with Crippen molar-refractivity contribution >= 4 is 5.97 Å². The fourth-order valence-corrected chi connectivity index (χ4v) is 7.38. The van der Waals surface area contributed by atoms with Crippen molar-refractivity contribution < 1.29 is 19.7 Å². The molecule has 50 heavy (non-hydrogen) atoms. The molecule has 0 amide bonds. The van der Waals surface area contributed by atoms with Gasteiger partial charge in [-0.1, -0.05) is 232 Å². The van der Waals surface area contributed by atoms with E-state index in [2.05, 4.69) is 6.92 Å². The molecule has 300 valence electrons. The van der Waals surface area contributed by atoms with Crippen molar-refractivity contribution in [3.05, 3.63) is 0 Å². The zero-order valence-electron chi connectivity index (χ0n) is 34.2. The van der Waals surface area contributed by atoms with Gasteiger partial charge in [0.05, 0.1) is 12.7 Å². The lowest BCUT2D eigenvalue weighted by molar-refractivity contribution is -0.143. The number of rotatable bonds is 44. The van der Waals surface area contributed by atoms with Gasteiger partial charge in [0.25, 0.3) is 0 Å². The number of carbonyl (C=O) groups is 1. The summed E-state index contributed by atoms with van der Waals surface area (Å²) < 4.78 is 5.46. The van der Waals surface area contributed by atoms with E-state index in [0.29, 0.717) is 19.6 Å². The maximum absolute atomic E-state index is 12.0. The van der Waals surface area contributed by atoms with E-state index in [4.69, 9.17) is 9.84 Å². The van der Waals surface area contributed by atoms with Crippen LogP contribution in [0.4, 0.5) is 0 Å². The summed E-state index contributed by atoms with van der Waals surface area (Å²) in [6.07, 6.45) is 52.5. The molecule has 0 aliphatic heterocycles. The van der Waals surface area contributed by atoms with Crippen LogP contribution in [0, 0.1) is 0 Å². The van der Waals surface area contributed by atoms with Crippen LogP contribution in [0.5, 0.6) is 0 Å². The summed E-state index contributed by atoms with van der Waals surface area (Å²) in [4.78, 5) is 12.0. The van der Waals surface area contributed by atoms with Crippen LogP contribution in [0.1, 0.15) is 270 Å². The average Bonchev–Trinajstić information content (AvgIpc) is 3.12. The van der Waals surface area contributed by atoms with Crippen molar-refractivity contribution in [3.8, 4) is 0 Å². The van der Waals surface area contributed by atoms with Crippen LogP contribution in [-0.4, -0.2) is 35.5 Å². The van der Waals surface area contributed by atoms with Gasteiger partial charge in [-0.3, -0.25) is 4.79 Å². The number of aliphatic hydroxyl groups is 2. The van der Waals surface area contributed by atoms with Gasteiger partial charge in [0.15, 0.2) is 0 Å². The number of aliphatic hydroxyl groups excluding tert-OH is 2. The van der Waals surface area contributed by atoms with Gasteiger partial charge in [0, 0.05) is 13.0 Å². The van der Waals surface area contributed by atoms with Gasteiger partial charge in [0.1, 0.15) is 0 Å². The molecule has 0 aliphatic rings. The highest BCUT2D eigenvalue weighted by Gasteiger charge is 2.05. The molecular formula is C46H92O4. The Morgan fingerprint density at radius 3 is 1.02 bits per heavy atom. The topological polar surface area (TPSA) is 66.8 Å². The van der Waals surface area contributed by atoms with Crippen molar-refractivity contribution in [3.63, 3.8) is 0 Å². The van der Waals surface area contributed by atoms with E-state index in [0.717, 1.165) is 44.9 Å². The van der Waals surface area contributed by atoms with Crippen molar-refractivity contribution in [1.82, 2.24) is 0 Å². The minimum Gasteiger partial charge on any atom is -0.466 e. The summed E-state index contributed by atoms with van der Waals surface area (Å²) in [6, 6.07) is 0. The third-order valence-electron chi connectivity index (χ3n) is 10.9. The molecule has 4 nitrogen and oxygen atoms in total. The first-order valence-electron chi connectivity index (χ1n) is 23.1. The molecular weight excluding hydrogens is 617 g/mol. The van der Waals surface area contributed by atoms with Crippen LogP contribution in [0.2, 0.25) is 0 Å². The Bertz CT molecular complexity index is 623. The zero-order valence-corrected chi connectivity index (χ0v) is 34.2. The second-order valence-corrected chi connectivity index (χ2v) is 16.0. The predicted octanol–water partition coefficient (Wildman–Crippen LogP) is 14.9. The van der Waals surface area contributed by atoms with E-state index in [1.807, 2.05) is 0 Å². The summed E-state index contributed by atoms with van der Waals surface area (Å²) >= 11 is 0. The van der Waals surface area contributed by atoms with Crippen LogP contribution in [-0.2, 0) is 9.53 Å². The fraction of sp³-hybridized carbons (Fsp3) is 0.978. The van der Waals surface area contributed by atoms with Crippen LogP contribution >= 0.6 is 0 Å². The highest BCUT2D eigenvalue weighted by molar-refractivity contribution is 5.69. The highest BCUT2D eigenvalue weighted by Crippen LogP contribution is 2.17. The lowest BCUT2D eigenvalue weighted by Gasteiger charge is -2.10. The standard InChI is InChI=1S/C46H92O4/c1-2-3-4-35-40-45(48)41-36-31-27-23-24-28-32-37-42-46(49)50-44-39-34-30-26-22-20-18-16-14-12-10-8-6-5-7-9-11-13-15-17-19-21-25-29-33-38-43-47/h45,47-48H,2-44H2,1H3. The van der Waals surface area contributed by atoms with Gasteiger partial charge in [-0.05, 0) is 32.1 Å². The Morgan fingerprint density at radius 2 is 0.680 bits per heavy atom. The van der Waals surface area contributed by atoms with Crippen molar-refractivity contribution in [2.45, 2.75) is 276 Å². The highest BCUT2D eigenvalue weighted by atomic mass is 16.5. The molecule has 0 heterocycles. The molecule has 1 atom stereocenters. The number of ether oxygens (including phenoxy) is 1. The van der Waals surface area contributed by atoms with Crippen LogP contribution in [0.15, 0.2) is 0 Å². The summed E-state index contributed by atoms with van der Waals surface area (Å²) in [5.41, 5.74) is 0. The van der Waals surface area contributed by atoms with Gasteiger partial charge >= 0.3 is 5.97 Å². The van der Waals surface area contributed by atoms with Crippen molar-refractivity contribution in [2.75, 3.05) is 13.2 Å². The molecule has 0 fully saturated rings. The molecule has 1 unspecified atom stereocenters. The maximum atomic E-state index is 12.0. The molecule has 0 radical (unpaired) electrons. The van der Waals surface area contributed by atoms with Crippen LogP contribution in [0.3, 0.4) is 0 Å².